The Morgan fingerprint density at radius 2 is 1.62 bits per heavy atom. The molecule has 4 nitrogen and oxygen atoms in total. The first kappa shape index (κ1) is 19.6. The van der Waals surface area contributed by atoms with E-state index in [4.69, 9.17) is 4.74 Å². The third-order valence-corrected chi connectivity index (χ3v) is 8.10. The lowest BCUT2D eigenvalue weighted by Crippen LogP contribution is -2.56. The maximum absolute atomic E-state index is 12.1. The van der Waals surface area contributed by atoms with Gasteiger partial charge in [-0.15, -0.1) is 0 Å². The maximum atomic E-state index is 12.1. The quantitative estimate of drug-likeness (QED) is 0.706. The Hall–Kier alpha value is -1.19. The van der Waals surface area contributed by atoms with Crippen molar-refractivity contribution in [1.82, 2.24) is 0 Å². The summed E-state index contributed by atoms with van der Waals surface area (Å²) in [4.78, 5) is 34.7. The highest BCUT2D eigenvalue weighted by atomic mass is 16.5. The molecule has 6 aliphatic rings. The summed E-state index contributed by atoms with van der Waals surface area (Å²) in [6.07, 6.45) is 5.40. The van der Waals surface area contributed by atoms with E-state index in [-0.39, 0.29) is 29.6 Å². The molecule has 6 fully saturated rings. The van der Waals surface area contributed by atoms with Crippen LogP contribution in [0, 0.1) is 40.4 Å². The zero-order chi connectivity index (χ0) is 19.3. The Morgan fingerprint density at radius 3 is 2.04 bits per heavy atom. The number of ether oxygens (including phenoxy) is 1. The van der Waals surface area contributed by atoms with Crippen LogP contribution in [-0.2, 0) is 19.1 Å². The van der Waals surface area contributed by atoms with Crippen LogP contribution in [-0.4, -0.2) is 24.1 Å². The third kappa shape index (κ3) is 3.14. The highest BCUT2D eigenvalue weighted by molar-refractivity contribution is 5.90. The molecule has 0 unspecified atom stereocenters. The first-order valence-electron chi connectivity index (χ1n) is 10.3. The molecular formula is C22H34O4. The average Bonchev–Trinajstić information content (AvgIpc) is 2.56. The molecular weight excluding hydrogens is 328 g/mol. The lowest BCUT2D eigenvalue weighted by atomic mass is 9.46. The van der Waals surface area contributed by atoms with Gasteiger partial charge in [-0.25, -0.2) is 0 Å². The summed E-state index contributed by atoms with van der Waals surface area (Å²) in [5, 5.41) is 0. The largest absolute Gasteiger partial charge is 0.466 e. The molecule has 6 rings (SSSR count). The fourth-order valence-corrected chi connectivity index (χ4v) is 5.79. The number of esters is 1. The predicted octanol–water partition coefficient (Wildman–Crippen LogP) is 4.20. The maximum Gasteiger partial charge on any atom is 0.306 e. The van der Waals surface area contributed by atoms with Gasteiger partial charge in [-0.1, -0.05) is 27.7 Å². The van der Waals surface area contributed by atoms with E-state index in [0.29, 0.717) is 35.4 Å². The van der Waals surface area contributed by atoms with Gasteiger partial charge in [0.25, 0.3) is 0 Å². The van der Waals surface area contributed by atoms with Gasteiger partial charge in [0.15, 0.2) is 0 Å². The van der Waals surface area contributed by atoms with Gasteiger partial charge in [0, 0.05) is 24.2 Å². The second-order valence-corrected chi connectivity index (χ2v) is 9.96. The molecule has 146 valence electrons. The Bertz CT molecular complexity index is 601. The summed E-state index contributed by atoms with van der Waals surface area (Å²) in [6.45, 7) is 11.0. The number of rotatable bonds is 3. The van der Waals surface area contributed by atoms with Crippen molar-refractivity contribution >= 4 is 17.5 Å². The van der Waals surface area contributed by atoms with Crippen molar-refractivity contribution in [1.29, 1.82) is 0 Å². The van der Waals surface area contributed by atoms with E-state index >= 15 is 0 Å². The number of carbonyl (C=O) groups is 3. The molecule has 0 radical (unpaired) electrons. The number of Topliss-reactive ketones (excluding diaryl/α,β-unsaturated/α-hetero) is 2. The van der Waals surface area contributed by atoms with Gasteiger partial charge in [0.2, 0.25) is 0 Å². The monoisotopic (exact) mass is 362 g/mol. The summed E-state index contributed by atoms with van der Waals surface area (Å²) in [5.74, 6) is 2.60. The minimum atomic E-state index is -0.222. The van der Waals surface area contributed by atoms with Crippen LogP contribution in [0.2, 0.25) is 0 Å². The first-order valence-corrected chi connectivity index (χ1v) is 10.3. The zero-order valence-corrected chi connectivity index (χ0v) is 17.0. The summed E-state index contributed by atoms with van der Waals surface area (Å²) in [7, 11) is 0. The summed E-state index contributed by atoms with van der Waals surface area (Å²) < 4.78 is 4.90. The van der Waals surface area contributed by atoms with Gasteiger partial charge in [0.1, 0.15) is 11.6 Å². The van der Waals surface area contributed by atoms with Crippen LogP contribution in [0.4, 0.5) is 0 Å². The molecule has 0 N–H and O–H groups in total. The van der Waals surface area contributed by atoms with Gasteiger partial charge in [-0.3, -0.25) is 14.4 Å². The first-order chi connectivity index (χ1) is 12.1. The van der Waals surface area contributed by atoms with Crippen LogP contribution in [0.25, 0.3) is 0 Å². The SMILES string of the molecule is CC1(C)[C@H]2CCC(=O)[C@@H]1C2.CCOC(=O)C[C@H]1C[C@H]2C[C@@H](C1=O)C2(C)C. The van der Waals surface area contributed by atoms with E-state index in [9.17, 15) is 14.4 Å². The highest BCUT2D eigenvalue weighted by Gasteiger charge is 2.57. The normalized spacial score (nSPS) is 38.3. The van der Waals surface area contributed by atoms with Gasteiger partial charge >= 0.3 is 5.97 Å². The predicted molar refractivity (Wildman–Crippen MR) is 99.4 cm³/mol. The van der Waals surface area contributed by atoms with Crippen LogP contribution in [0.3, 0.4) is 0 Å². The molecule has 4 heteroatoms. The fraction of sp³-hybridized carbons (Fsp3) is 0.864. The van der Waals surface area contributed by atoms with E-state index in [1.165, 1.54) is 6.42 Å². The van der Waals surface area contributed by atoms with Crippen molar-refractivity contribution in [3.8, 4) is 0 Å². The molecule has 0 aliphatic heterocycles. The molecule has 4 bridgehead atoms. The summed E-state index contributed by atoms with van der Waals surface area (Å²) in [6, 6.07) is 0. The van der Waals surface area contributed by atoms with E-state index in [1.54, 1.807) is 6.92 Å². The Labute approximate surface area is 157 Å². The average molecular weight is 363 g/mol. The summed E-state index contributed by atoms with van der Waals surface area (Å²) in [5.41, 5.74) is 0.525. The molecule has 0 spiro atoms. The Kier molecular flexibility index (Phi) is 5.09. The number of ketones is 2. The zero-order valence-electron chi connectivity index (χ0n) is 17.0. The molecule has 6 aliphatic carbocycles. The van der Waals surface area contributed by atoms with Crippen LogP contribution >= 0.6 is 0 Å². The molecule has 0 aromatic heterocycles. The molecule has 26 heavy (non-hydrogen) atoms. The molecule has 6 saturated carbocycles. The van der Waals surface area contributed by atoms with Crippen molar-refractivity contribution in [2.45, 2.75) is 73.1 Å². The lowest BCUT2D eigenvalue weighted by molar-refractivity contribution is -0.162. The van der Waals surface area contributed by atoms with Crippen LogP contribution in [0.15, 0.2) is 0 Å². The number of hydrogen-bond donors (Lipinski definition) is 0. The standard InChI is InChI=1S/C13H20O3.C9H14O/c1-4-16-11(14)6-8-5-9-7-10(12(8)15)13(9,2)3;1-9(2)6-3-4-8(10)7(9)5-6/h8-10H,4-7H2,1-3H3;6-7H,3-5H2,1-2H3/t8-,9+,10+;6-,7-/m10/s1. The minimum Gasteiger partial charge on any atom is -0.466 e. The van der Waals surface area contributed by atoms with Crippen LogP contribution in [0.5, 0.6) is 0 Å². The van der Waals surface area contributed by atoms with Crippen LogP contribution in [0.1, 0.15) is 73.1 Å². The van der Waals surface area contributed by atoms with Crippen molar-refractivity contribution in [3.63, 3.8) is 0 Å². The van der Waals surface area contributed by atoms with Gasteiger partial charge in [-0.05, 0) is 55.3 Å². The topological polar surface area (TPSA) is 60.4 Å². The Morgan fingerprint density at radius 1 is 1.00 bits per heavy atom. The smallest absolute Gasteiger partial charge is 0.306 e. The van der Waals surface area contributed by atoms with Gasteiger partial charge < -0.3 is 4.74 Å². The van der Waals surface area contributed by atoms with Crippen molar-refractivity contribution in [2.24, 2.45) is 40.4 Å². The van der Waals surface area contributed by atoms with Crippen molar-refractivity contribution < 1.29 is 19.1 Å². The third-order valence-electron chi connectivity index (χ3n) is 8.10. The highest BCUT2D eigenvalue weighted by Crippen LogP contribution is 2.59. The molecule has 5 atom stereocenters. The van der Waals surface area contributed by atoms with E-state index in [1.807, 2.05) is 0 Å². The number of carbonyl (C=O) groups excluding carboxylic acids is 3. The molecule has 0 aromatic carbocycles. The second-order valence-electron chi connectivity index (χ2n) is 9.96. The molecule has 0 amide bonds. The number of hydrogen-bond acceptors (Lipinski definition) is 4. The van der Waals surface area contributed by atoms with Crippen molar-refractivity contribution in [2.75, 3.05) is 6.61 Å². The van der Waals surface area contributed by atoms with E-state index < -0.39 is 0 Å². The van der Waals surface area contributed by atoms with Crippen molar-refractivity contribution in [3.05, 3.63) is 0 Å². The number of fused-ring (bicyclic) bond motifs is 4. The molecule has 0 aromatic rings. The second kappa shape index (κ2) is 6.76. The van der Waals surface area contributed by atoms with Crippen LogP contribution < -0.4 is 0 Å². The molecule has 0 heterocycles. The van der Waals surface area contributed by atoms with Gasteiger partial charge in [-0.2, -0.15) is 0 Å². The fourth-order valence-electron chi connectivity index (χ4n) is 5.79. The van der Waals surface area contributed by atoms with E-state index in [2.05, 4.69) is 27.7 Å². The minimum absolute atomic E-state index is 0.0733. The lowest BCUT2D eigenvalue weighted by Gasteiger charge is -2.57. The Balaban J connectivity index is 0.000000167. The molecule has 0 saturated heterocycles. The summed E-state index contributed by atoms with van der Waals surface area (Å²) >= 11 is 0. The van der Waals surface area contributed by atoms with E-state index in [0.717, 1.165) is 31.6 Å². The van der Waals surface area contributed by atoms with Gasteiger partial charge in [0.05, 0.1) is 13.0 Å².